The fraction of sp³-hybridized carbons (Fsp3) is 0.348. The fourth-order valence-corrected chi connectivity index (χ4v) is 4.51. The standard InChI is InChI=1S/C23H25N3O4S/c27-22(28)12-17-11-18-3-4-19(13-21(18)30-15-17)23(29)25-20-5-1-16(2-6-20)14-24-26-7-9-31-10-8-26/h1-6,13-14,17H,7-12,15H2,(H,25,29)(H,27,28). The molecule has 0 radical (unpaired) electrons. The van der Waals surface area contributed by atoms with E-state index in [1.54, 1.807) is 12.1 Å². The average molecular weight is 440 g/mol. The van der Waals surface area contributed by atoms with Crippen LogP contribution in [0.3, 0.4) is 0 Å². The summed E-state index contributed by atoms with van der Waals surface area (Å²) in [4.78, 5) is 23.6. The molecular weight excluding hydrogens is 414 g/mol. The molecule has 0 spiro atoms. The molecular formula is C23H25N3O4S. The van der Waals surface area contributed by atoms with Crippen LogP contribution in [0.4, 0.5) is 5.69 Å². The molecule has 2 aromatic carbocycles. The smallest absolute Gasteiger partial charge is 0.303 e. The van der Waals surface area contributed by atoms with Gasteiger partial charge in [-0.25, -0.2) is 0 Å². The molecule has 0 aromatic heterocycles. The number of hydrazone groups is 1. The average Bonchev–Trinajstić information content (AvgIpc) is 2.78. The van der Waals surface area contributed by atoms with E-state index >= 15 is 0 Å². The minimum atomic E-state index is -0.823. The molecule has 1 fully saturated rings. The van der Waals surface area contributed by atoms with E-state index in [4.69, 9.17) is 9.84 Å². The van der Waals surface area contributed by atoms with Crippen molar-refractivity contribution in [3.05, 3.63) is 59.2 Å². The van der Waals surface area contributed by atoms with Gasteiger partial charge < -0.3 is 15.2 Å². The molecule has 4 rings (SSSR count). The summed E-state index contributed by atoms with van der Waals surface area (Å²) in [6.07, 6.45) is 2.57. The lowest BCUT2D eigenvalue weighted by Gasteiger charge is -2.24. The second-order valence-electron chi connectivity index (χ2n) is 7.69. The highest BCUT2D eigenvalue weighted by Gasteiger charge is 2.23. The molecule has 162 valence electrons. The van der Waals surface area contributed by atoms with E-state index < -0.39 is 5.97 Å². The number of carboxylic acid groups (broad SMARTS) is 1. The molecule has 1 amide bonds. The number of nitrogens with zero attached hydrogens (tertiary/aromatic N) is 2. The van der Waals surface area contributed by atoms with Crippen molar-refractivity contribution in [3.63, 3.8) is 0 Å². The highest BCUT2D eigenvalue weighted by atomic mass is 32.2. The third kappa shape index (κ3) is 5.79. The maximum atomic E-state index is 12.6. The Balaban J connectivity index is 1.35. The van der Waals surface area contributed by atoms with Gasteiger partial charge in [-0.3, -0.25) is 14.6 Å². The molecule has 31 heavy (non-hydrogen) atoms. The van der Waals surface area contributed by atoms with Crippen LogP contribution in [0.5, 0.6) is 5.75 Å². The van der Waals surface area contributed by atoms with Crippen LogP contribution in [0.15, 0.2) is 47.6 Å². The number of aliphatic carboxylic acids is 1. The minimum Gasteiger partial charge on any atom is -0.493 e. The first-order chi connectivity index (χ1) is 15.1. The predicted octanol–water partition coefficient (Wildman–Crippen LogP) is 3.35. The Bertz CT molecular complexity index is 971. The Morgan fingerprint density at radius 2 is 1.97 bits per heavy atom. The molecule has 2 aromatic rings. The Labute approximate surface area is 185 Å². The van der Waals surface area contributed by atoms with Gasteiger partial charge in [0.2, 0.25) is 0 Å². The van der Waals surface area contributed by atoms with Crippen molar-refractivity contribution < 1.29 is 19.4 Å². The zero-order chi connectivity index (χ0) is 21.6. The van der Waals surface area contributed by atoms with Crippen LogP contribution in [-0.2, 0) is 11.2 Å². The Morgan fingerprint density at radius 3 is 2.71 bits per heavy atom. The molecule has 8 heteroatoms. The van der Waals surface area contributed by atoms with E-state index in [0.717, 1.165) is 35.7 Å². The lowest BCUT2D eigenvalue weighted by molar-refractivity contribution is -0.138. The summed E-state index contributed by atoms with van der Waals surface area (Å²) in [5.41, 5.74) is 3.13. The van der Waals surface area contributed by atoms with E-state index in [0.29, 0.717) is 30.0 Å². The summed E-state index contributed by atoms with van der Waals surface area (Å²) >= 11 is 1.95. The van der Waals surface area contributed by atoms with Gasteiger partial charge in [-0.1, -0.05) is 18.2 Å². The van der Waals surface area contributed by atoms with E-state index in [9.17, 15) is 9.59 Å². The third-order valence-corrected chi connectivity index (χ3v) is 6.24. The van der Waals surface area contributed by atoms with Gasteiger partial charge in [0.1, 0.15) is 5.75 Å². The van der Waals surface area contributed by atoms with Crippen molar-refractivity contribution in [2.24, 2.45) is 11.0 Å². The summed E-state index contributed by atoms with van der Waals surface area (Å²) in [5.74, 6) is 1.79. The first-order valence-electron chi connectivity index (χ1n) is 10.3. The van der Waals surface area contributed by atoms with Crippen LogP contribution in [0.2, 0.25) is 0 Å². The van der Waals surface area contributed by atoms with Gasteiger partial charge in [0.25, 0.3) is 5.91 Å². The zero-order valence-corrected chi connectivity index (χ0v) is 17.9. The first-order valence-corrected chi connectivity index (χ1v) is 11.5. The third-order valence-electron chi connectivity index (χ3n) is 5.30. The van der Waals surface area contributed by atoms with Gasteiger partial charge in [-0.15, -0.1) is 0 Å². The number of fused-ring (bicyclic) bond motifs is 1. The van der Waals surface area contributed by atoms with Crippen LogP contribution in [-0.4, -0.2) is 59.4 Å². The maximum absolute atomic E-state index is 12.6. The normalized spacial score (nSPS) is 18.3. The number of anilines is 1. The number of benzene rings is 2. The summed E-state index contributed by atoms with van der Waals surface area (Å²) in [6, 6.07) is 12.9. The van der Waals surface area contributed by atoms with E-state index in [-0.39, 0.29) is 18.2 Å². The first kappa shape index (κ1) is 21.2. The van der Waals surface area contributed by atoms with Crippen molar-refractivity contribution in [1.82, 2.24) is 5.01 Å². The summed E-state index contributed by atoms with van der Waals surface area (Å²) in [7, 11) is 0. The molecule has 1 unspecified atom stereocenters. The number of amides is 1. The van der Waals surface area contributed by atoms with Crippen LogP contribution < -0.4 is 10.1 Å². The van der Waals surface area contributed by atoms with Crippen LogP contribution in [0.1, 0.15) is 27.9 Å². The molecule has 7 nitrogen and oxygen atoms in total. The summed E-state index contributed by atoms with van der Waals surface area (Å²) in [6.45, 7) is 2.30. The molecule has 1 atom stereocenters. The van der Waals surface area contributed by atoms with E-state index in [2.05, 4.69) is 15.4 Å². The van der Waals surface area contributed by atoms with Crippen molar-refractivity contribution in [3.8, 4) is 5.75 Å². The number of hydrogen-bond acceptors (Lipinski definition) is 6. The molecule has 1 saturated heterocycles. The van der Waals surface area contributed by atoms with E-state index in [1.807, 2.05) is 48.3 Å². The molecule has 2 aliphatic rings. The van der Waals surface area contributed by atoms with Gasteiger partial charge in [0, 0.05) is 41.8 Å². The summed E-state index contributed by atoms with van der Waals surface area (Å²) < 4.78 is 5.71. The molecule has 2 N–H and O–H groups in total. The predicted molar refractivity (Wildman–Crippen MR) is 122 cm³/mol. The zero-order valence-electron chi connectivity index (χ0n) is 17.1. The number of carboxylic acids is 1. The molecule has 0 aliphatic carbocycles. The second-order valence-corrected chi connectivity index (χ2v) is 8.91. The minimum absolute atomic E-state index is 0.0412. The fourth-order valence-electron chi connectivity index (χ4n) is 3.63. The number of ether oxygens (including phenoxy) is 1. The van der Waals surface area contributed by atoms with E-state index in [1.165, 1.54) is 0 Å². The maximum Gasteiger partial charge on any atom is 0.303 e. The van der Waals surface area contributed by atoms with Crippen molar-refractivity contribution in [1.29, 1.82) is 0 Å². The molecule has 0 saturated carbocycles. The monoisotopic (exact) mass is 439 g/mol. The van der Waals surface area contributed by atoms with Gasteiger partial charge in [0.15, 0.2) is 0 Å². The topological polar surface area (TPSA) is 91.2 Å². The van der Waals surface area contributed by atoms with Crippen LogP contribution in [0, 0.1) is 5.92 Å². The van der Waals surface area contributed by atoms with Crippen molar-refractivity contribution in [2.75, 3.05) is 36.5 Å². The highest BCUT2D eigenvalue weighted by molar-refractivity contribution is 7.99. The Morgan fingerprint density at radius 1 is 1.19 bits per heavy atom. The van der Waals surface area contributed by atoms with Gasteiger partial charge in [-0.2, -0.15) is 16.9 Å². The number of carbonyl (C=O) groups is 2. The SMILES string of the molecule is O=C(O)CC1COc2cc(C(=O)Nc3ccc(C=NN4CCSCC4)cc3)ccc2C1. The van der Waals surface area contributed by atoms with Crippen molar-refractivity contribution in [2.45, 2.75) is 12.8 Å². The van der Waals surface area contributed by atoms with Gasteiger partial charge in [0.05, 0.1) is 19.2 Å². The molecule has 2 heterocycles. The van der Waals surface area contributed by atoms with Gasteiger partial charge in [-0.05, 0) is 41.8 Å². The summed E-state index contributed by atoms with van der Waals surface area (Å²) in [5, 5.41) is 18.5. The largest absolute Gasteiger partial charge is 0.493 e. The number of thioether (sulfide) groups is 1. The van der Waals surface area contributed by atoms with Crippen LogP contribution in [0.25, 0.3) is 0 Å². The number of rotatable bonds is 6. The second kappa shape index (κ2) is 9.87. The molecule has 0 bridgehead atoms. The van der Waals surface area contributed by atoms with Crippen LogP contribution >= 0.6 is 11.8 Å². The Hall–Kier alpha value is -3.00. The Kier molecular flexibility index (Phi) is 6.76. The quantitative estimate of drug-likeness (QED) is 0.671. The number of nitrogens with one attached hydrogen (secondary N) is 1. The lowest BCUT2D eigenvalue weighted by atomic mass is 9.93. The molecule has 2 aliphatic heterocycles. The number of hydrogen-bond donors (Lipinski definition) is 2. The lowest BCUT2D eigenvalue weighted by Crippen LogP contribution is -2.27. The highest BCUT2D eigenvalue weighted by Crippen LogP contribution is 2.30. The van der Waals surface area contributed by atoms with Gasteiger partial charge >= 0.3 is 5.97 Å². The number of carbonyl (C=O) groups excluding carboxylic acids is 1. The van der Waals surface area contributed by atoms with Crippen molar-refractivity contribution >= 4 is 35.5 Å².